The SMILES string of the molecule is O=S1(=O)CCCC1COc1cccc2c1CCCN2. The fourth-order valence-corrected chi connectivity index (χ4v) is 4.54. The number of sulfone groups is 1. The zero-order chi connectivity index (χ0) is 13.3. The van der Waals surface area contributed by atoms with E-state index in [1.54, 1.807) is 0 Å². The van der Waals surface area contributed by atoms with Crippen LogP contribution in [-0.4, -0.2) is 32.6 Å². The van der Waals surface area contributed by atoms with Crippen LogP contribution in [0.4, 0.5) is 5.69 Å². The molecule has 104 valence electrons. The summed E-state index contributed by atoms with van der Waals surface area (Å²) in [7, 11) is -2.92. The summed E-state index contributed by atoms with van der Waals surface area (Å²) in [6.45, 7) is 1.28. The normalized spacial score (nSPS) is 24.5. The van der Waals surface area contributed by atoms with Gasteiger partial charge in [0.15, 0.2) is 9.84 Å². The number of nitrogens with one attached hydrogen (secondary N) is 1. The van der Waals surface area contributed by atoms with Crippen LogP contribution in [0.25, 0.3) is 0 Å². The Kier molecular flexibility index (Phi) is 3.39. The van der Waals surface area contributed by atoms with Crippen LogP contribution in [0.5, 0.6) is 5.75 Å². The number of benzene rings is 1. The van der Waals surface area contributed by atoms with Gasteiger partial charge in [0, 0.05) is 17.8 Å². The van der Waals surface area contributed by atoms with Crippen LogP contribution in [0.15, 0.2) is 18.2 Å². The quantitative estimate of drug-likeness (QED) is 0.920. The Labute approximate surface area is 114 Å². The minimum atomic E-state index is -2.92. The minimum Gasteiger partial charge on any atom is -0.492 e. The molecule has 0 aromatic heterocycles. The van der Waals surface area contributed by atoms with Crippen molar-refractivity contribution < 1.29 is 13.2 Å². The standard InChI is InChI=1S/C14H19NO3S/c16-19(17)9-3-4-11(19)10-18-14-7-1-6-13-12(14)5-2-8-15-13/h1,6-7,11,15H,2-5,8-10H2. The molecule has 5 heteroatoms. The van der Waals surface area contributed by atoms with E-state index in [0.29, 0.717) is 12.4 Å². The fourth-order valence-electron chi connectivity index (χ4n) is 2.84. The second kappa shape index (κ2) is 5.04. The summed E-state index contributed by atoms with van der Waals surface area (Å²) in [5.41, 5.74) is 2.31. The van der Waals surface area contributed by atoms with Crippen LogP contribution in [0.1, 0.15) is 24.8 Å². The lowest BCUT2D eigenvalue weighted by atomic mass is 10.0. The molecule has 1 aromatic rings. The number of fused-ring (bicyclic) bond motifs is 1. The van der Waals surface area contributed by atoms with Crippen LogP contribution in [0, 0.1) is 0 Å². The number of anilines is 1. The number of rotatable bonds is 3. The average molecular weight is 281 g/mol. The van der Waals surface area contributed by atoms with Crippen molar-refractivity contribution in [3.8, 4) is 5.75 Å². The first-order chi connectivity index (χ1) is 9.17. The summed E-state index contributed by atoms with van der Waals surface area (Å²) in [5, 5.41) is 3.03. The third kappa shape index (κ3) is 2.56. The van der Waals surface area contributed by atoms with Crippen molar-refractivity contribution in [3.05, 3.63) is 23.8 Å². The molecule has 0 saturated carbocycles. The first-order valence-corrected chi connectivity index (χ1v) is 8.58. The van der Waals surface area contributed by atoms with E-state index in [1.807, 2.05) is 18.2 Å². The highest BCUT2D eigenvalue weighted by Crippen LogP contribution is 2.31. The molecule has 4 nitrogen and oxygen atoms in total. The van der Waals surface area contributed by atoms with Gasteiger partial charge in [-0.15, -0.1) is 0 Å². The Hall–Kier alpha value is -1.23. The third-order valence-electron chi connectivity index (χ3n) is 3.94. The maximum absolute atomic E-state index is 11.8. The molecule has 19 heavy (non-hydrogen) atoms. The number of hydrogen-bond acceptors (Lipinski definition) is 4. The lowest BCUT2D eigenvalue weighted by Crippen LogP contribution is -2.24. The van der Waals surface area contributed by atoms with Crippen molar-refractivity contribution in [1.29, 1.82) is 0 Å². The third-order valence-corrected chi connectivity index (χ3v) is 6.18. The highest BCUT2D eigenvalue weighted by atomic mass is 32.2. The maximum atomic E-state index is 11.8. The highest BCUT2D eigenvalue weighted by Gasteiger charge is 2.32. The Morgan fingerprint density at radius 3 is 3.00 bits per heavy atom. The lowest BCUT2D eigenvalue weighted by Gasteiger charge is -2.21. The van der Waals surface area contributed by atoms with Gasteiger partial charge in [-0.25, -0.2) is 8.42 Å². The molecular weight excluding hydrogens is 262 g/mol. The second-order valence-corrected chi connectivity index (χ2v) is 7.66. The van der Waals surface area contributed by atoms with Crippen molar-refractivity contribution in [3.63, 3.8) is 0 Å². The van der Waals surface area contributed by atoms with Gasteiger partial charge in [0.05, 0.1) is 11.0 Å². The Bertz CT molecular complexity index is 568. The zero-order valence-corrected chi connectivity index (χ0v) is 11.7. The smallest absolute Gasteiger partial charge is 0.156 e. The predicted octanol–water partition coefficient (Wildman–Crippen LogP) is 2.00. The van der Waals surface area contributed by atoms with Gasteiger partial charge in [0.1, 0.15) is 12.4 Å². The molecule has 3 rings (SSSR count). The molecule has 0 aliphatic carbocycles. The Morgan fingerprint density at radius 1 is 1.32 bits per heavy atom. The van der Waals surface area contributed by atoms with Gasteiger partial charge in [0.2, 0.25) is 0 Å². The average Bonchev–Trinajstić information content (AvgIpc) is 2.75. The van der Waals surface area contributed by atoms with E-state index in [4.69, 9.17) is 4.74 Å². The van der Waals surface area contributed by atoms with Gasteiger partial charge in [-0.2, -0.15) is 0 Å². The molecule has 1 atom stereocenters. The van der Waals surface area contributed by atoms with Crippen LogP contribution in [0.2, 0.25) is 0 Å². The summed E-state index contributed by atoms with van der Waals surface area (Å²) in [5.74, 6) is 1.15. The molecule has 1 fully saturated rings. The lowest BCUT2D eigenvalue weighted by molar-refractivity contribution is 0.307. The Balaban J connectivity index is 1.74. The first kappa shape index (κ1) is 12.8. The van der Waals surface area contributed by atoms with Crippen LogP contribution in [0.3, 0.4) is 0 Å². The van der Waals surface area contributed by atoms with Gasteiger partial charge in [-0.05, 0) is 37.8 Å². The van der Waals surface area contributed by atoms with Gasteiger partial charge in [-0.3, -0.25) is 0 Å². The predicted molar refractivity (Wildman–Crippen MR) is 75.6 cm³/mol. The summed E-state index contributed by atoms with van der Waals surface area (Å²) in [4.78, 5) is 0. The summed E-state index contributed by atoms with van der Waals surface area (Å²) in [6, 6.07) is 5.94. The van der Waals surface area contributed by atoms with Crippen molar-refractivity contribution in [2.24, 2.45) is 0 Å². The molecule has 0 spiro atoms. The first-order valence-electron chi connectivity index (χ1n) is 6.87. The van der Waals surface area contributed by atoms with Crippen LogP contribution >= 0.6 is 0 Å². The topological polar surface area (TPSA) is 55.4 Å². The summed E-state index contributed by atoms with van der Waals surface area (Å²) in [6.07, 6.45) is 3.59. The molecule has 0 amide bonds. The van der Waals surface area contributed by atoms with Gasteiger partial charge in [-0.1, -0.05) is 6.07 Å². The summed E-state index contributed by atoms with van der Waals surface area (Å²) < 4.78 is 29.4. The van der Waals surface area contributed by atoms with E-state index in [9.17, 15) is 8.42 Å². The molecule has 2 heterocycles. The second-order valence-electron chi connectivity index (χ2n) is 5.25. The van der Waals surface area contributed by atoms with Gasteiger partial charge < -0.3 is 10.1 Å². The van der Waals surface area contributed by atoms with Gasteiger partial charge >= 0.3 is 0 Å². The minimum absolute atomic E-state index is 0.290. The Morgan fingerprint density at radius 2 is 2.21 bits per heavy atom. The van der Waals surface area contributed by atoms with E-state index in [1.165, 1.54) is 5.56 Å². The molecule has 1 aromatic carbocycles. The molecule has 0 bridgehead atoms. The fraction of sp³-hybridized carbons (Fsp3) is 0.571. The molecule has 1 unspecified atom stereocenters. The molecule has 1 saturated heterocycles. The van der Waals surface area contributed by atoms with Crippen molar-refractivity contribution >= 4 is 15.5 Å². The van der Waals surface area contributed by atoms with E-state index in [2.05, 4.69) is 5.32 Å². The summed E-state index contributed by atoms with van der Waals surface area (Å²) >= 11 is 0. The van der Waals surface area contributed by atoms with E-state index >= 15 is 0 Å². The molecule has 0 radical (unpaired) electrons. The van der Waals surface area contributed by atoms with Crippen molar-refractivity contribution in [2.45, 2.75) is 30.9 Å². The highest BCUT2D eigenvalue weighted by molar-refractivity contribution is 7.92. The van der Waals surface area contributed by atoms with Crippen LogP contribution < -0.4 is 10.1 Å². The van der Waals surface area contributed by atoms with Crippen molar-refractivity contribution in [2.75, 3.05) is 24.2 Å². The molecular formula is C14H19NO3S. The van der Waals surface area contributed by atoms with E-state index in [0.717, 1.165) is 43.7 Å². The van der Waals surface area contributed by atoms with Crippen LogP contribution in [-0.2, 0) is 16.3 Å². The van der Waals surface area contributed by atoms with Gasteiger partial charge in [0.25, 0.3) is 0 Å². The number of hydrogen-bond donors (Lipinski definition) is 1. The maximum Gasteiger partial charge on any atom is 0.156 e. The largest absolute Gasteiger partial charge is 0.492 e. The monoisotopic (exact) mass is 281 g/mol. The van der Waals surface area contributed by atoms with E-state index < -0.39 is 9.84 Å². The van der Waals surface area contributed by atoms with Crippen molar-refractivity contribution in [1.82, 2.24) is 0 Å². The van der Waals surface area contributed by atoms with E-state index in [-0.39, 0.29) is 5.25 Å². The molecule has 2 aliphatic heterocycles. The number of ether oxygens (including phenoxy) is 1. The zero-order valence-electron chi connectivity index (χ0n) is 10.9. The molecule has 1 N–H and O–H groups in total. The molecule has 2 aliphatic rings.